The third kappa shape index (κ3) is 5.49. The van der Waals surface area contributed by atoms with Crippen molar-refractivity contribution >= 4 is 55.8 Å². The molecule has 39 heavy (non-hydrogen) atoms. The number of benzene rings is 3. The van der Waals surface area contributed by atoms with E-state index in [1.807, 2.05) is 12.1 Å². The lowest BCUT2D eigenvalue weighted by Gasteiger charge is -2.11. The lowest BCUT2D eigenvalue weighted by atomic mass is 10.2. The lowest BCUT2D eigenvalue weighted by molar-refractivity contribution is -0.111. The molecule has 4 N–H and O–H groups in total. The molecule has 0 unspecified atom stereocenters. The molecule has 0 spiro atoms. The third-order valence-corrected chi connectivity index (χ3v) is 7.44. The maximum atomic E-state index is 13.4. The van der Waals surface area contributed by atoms with Gasteiger partial charge in [0.25, 0.3) is 10.0 Å². The number of para-hydroxylation sites is 2. The monoisotopic (exact) mass is 534 g/mol. The molecule has 192 valence electrons. The van der Waals surface area contributed by atoms with Crippen molar-refractivity contribution in [2.24, 2.45) is 0 Å². The van der Waals surface area contributed by atoms with E-state index < -0.39 is 15.9 Å². The zero-order valence-electron chi connectivity index (χ0n) is 20.4. The summed E-state index contributed by atoms with van der Waals surface area (Å²) in [6.45, 7) is 0. The van der Waals surface area contributed by atoms with Gasteiger partial charge in [-0.05, 0) is 66.2 Å². The number of carbonyl (C=O) groups is 1. The molecular weight excluding hydrogens is 512 g/mol. The van der Waals surface area contributed by atoms with Gasteiger partial charge in [-0.2, -0.15) is 0 Å². The average molecular weight is 535 g/mol. The first-order chi connectivity index (χ1) is 18.8. The zero-order valence-corrected chi connectivity index (χ0v) is 21.3. The van der Waals surface area contributed by atoms with Crippen LogP contribution in [-0.4, -0.2) is 28.3 Å². The highest BCUT2D eigenvalue weighted by atomic mass is 32.2. The minimum Gasteiger partial charge on any atom is -0.397 e. The number of nitrogen functional groups attached to an aromatic ring is 1. The summed E-state index contributed by atoms with van der Waals surface area (Å²) in [6, 6.07) is 20.4. The highest BCUT2D eigenvalue weighted by Crippen LogP contribution is 2.27. The van der Waals surface area contributed by atoms with Gasteiger partial charge in [0.05, 0.1) is 21.8 Å². The van der Waals surface area contributed by atoms with Gasteiger partial charge in [0.1, 0.15) is 12.1 Å². The third-order valence-electron chi connectivity index (χ3n) is 5.81. The Morgan fingerprint density at radius 1 is 1.03 bits per heavy atom. The van der Waals surface area contributed by atoms with Gasteiger partial charge < -0.3 is 16.4 Å². The Balaban J connectivity index is 1.39. The van der Waals surface area contributed by atoms with E-state index in [4.69, 9.17) is 12.2 Å². The molecular formula is C29H22N6O3S. The number of terminal acetylenes is 1. The summed E-state index contributed by atoms with van der Waals surface area (Å²) in [7, 11) is -3.95. The van der Waals surface area contributed by atoms with Gasteiger partial charge in [0, 0.05) is 35.1 Å². The summed E-state index contributed by atoms with van der Waals surface area (Å²) in [5.74, 6) is 2.62. The second-order valence-electron chi connectivity index (χ2n) is 8.44. The van der Waals surface area contributed by atoms with Crippen molar-refractivity contribution in [1.82, 2.24) is 13.9 Å². The molecule has 2 aromatic heterocycles. The maximum absolute atomic E-state index is 13.4. The number of anilines is 4. The number of aromatic nitrogens is 3. The number of carbonyl (C=O) groups excluding carboxylic acids is 1. The van der Waals surface area contributed by atoms with Gasteiger partial charge in [0.15, 0.2) is 0 Å². The molecule has 0 saturated heterocycles. The number of nitrogens with zero attached hydrogens (tertiary/aromatic N) is 3. The fourth-order valence-electron chi connectivity index (χ4n) is 3.84. The molecule has 0 bridgehead atoms. The predicted molar refractivity (Wildman–Crippen MR) is 153 cm³/mol. The van der Waals surface area contributed by atoms with Gasteiger partial charge in [-0.15, -0.1) is 6.42 Å². The Hall–Kier alpha value is -5.40. The molecule has 0 saturated carbocycles. The molecule has 3 aromatic carbocycles. The second kappa shape index (κ2) is 10.5. The molecule has 0 aliphatic carbocycles. The van der Waals surface area contributed by atoms with Crippen molar-refractivity contribution in [3.63, 3.8) is 0 Å². The van der Waals surface area contributed by atoms with E-state index in [0.29, 0.717) is 44.9 Å². The fourth-order valence-corrected chi connectivity index (χ4v) is 5.07. The highest BCUT2D eigenvalue weighted by Gasteiger charge is 2.18. The molecule has 0 aliphatic heterocycles. The van der Waals surface area contributed by atoms with Crippen LogP contribution in [0.1, 0.15) is 11.1 Å². The molecule has 9 nitrogen and oxygen atoms in total. The van der Waals surface area contributed by atoms with Crippen molar-refractivity contribution in [3.05, 3.63) is 109 Å². The van der Waals surface area contributed by atoms with Gasteiger partial charge >= 0.3 is 0 Å². The number of nitrogens with one attached hydrogen (secondary N) is 2. The molecule has 0 aliphatic rings. The first kappa shape index (κ1) is 25.3. The van der Waals surface area contributed by atoms with E-state index in [-0.39, 0.29) is 4.90 Å². The molecule has 0 radical (unpaired) electrons. The van der Waals surface area contributed by atoms with Crippen LogP contribution in [0, 0.1) is 12.3 Å². The largest absolute Gasteiger partial charge is 0.397 e. The van der Waals surface area contributed by atoms with Crippen LogP contribution >= 0.6 is 0 Å². The van der Waals surface area contributed by atoms with Gasteiger partial charge in [-0.3, -0.25) is 4.79 Å². The number of fused-ring (bicyclic) bond motifs is 1. The van der Waals surface area contributed by atoms with Crippen molar-refractivity contribution in [3.8, 4) is 12.3 Å². The van der Waals surface area contributed by atoms with Crippen molar-refractivity contribution in [1.29, 1.82) is 0 Å². The van der Waals surface area contributed by atoms with Gasteiger partial charge in [-0.1, -0.05) is 24.1 Å². The van der Waals surface area contributed by atoms with E-state index in [0.717, 1.165) is 3.97 Å². The molecule has 5 aromatic rings. The van der Waals surface area contributed by atoms with Crippen molar-refractivity contribution in [2.75, 3.05) is 16.4 Å². The molecule has 1 amide bonds. The molecule has 2 heterocycles. The Bertz CT molecular complexity index is 1890. The number of nitrogens with two attached hydrogens (primary N) is 1. The number of hydrogen-bond acceptors (Lipinski definition) is 7. The lowest BCUT2D eigenvalue weighted by Crippen LogP contribution is -2.11. The van der Waals surface area contributed by atoms with E-state index >= 15 is 0 Å². The SMILES string of the molecule is C#Cc1cccc(Nc2ncnc3ccc(S(=O)(=O)n4ccc(C=CC(=O)Nc5ccccc5N)c4)cc23)c1. The van der Waals surface area contributed by atoms with E-state index in [1.54, 1.807) is 48.5 Å². The Labute approximate surface area is 225 Å². The Morgan fingerprint density at radius 2 is 1.87 bits per heavy atom. The topological polar surface area (TPSA) is 132 Å². The molecule has 0 fully saturated rings. The minimum absolute atomic E-state index is 0.0497. The summed E-state index contributed by atoms with van der Waals surface area (Å²) in [6.07, 6.45) is 12.6. The van der Waals surface area contributed by atoms with Crippen LogP contribution in [0.2, 0.25) is 0 Å². The summed E-state index contributed by atoms with van der Waals surface area (Å²) in [4.78, 5) is 20.9. The average Bonchev–Trinajstić information content (AvgIpc) is 3.43. The molecule has 5 rings (SSSR count). The maximum Gasteiger partial charge on any atom is 0.267 e. The van der Waals surface area contributed by atoms with E-state index in [2.05, 4.69) is 26.5 Å². The van der Waals surface area contributed by atoms with Crippen LogP contribution in [0.3, 0.4) is 0 Å². The van der Waals surface area contributed by atoms with Crippen molar-refractivity contribution in [2.45, 2.75) is 4.90 Å². The first-order valence-corrected chi connectivity index (χ1v) is 13.1. The van der Waals surface area contributed by atoms with Gasteiger partial charge in [0.2, 0.25) is 5.91 Å². The quantitative estimate of drug-likeness (QED) is 0.158. The van der Waals surface area contributed by atoms with Crippen LogP contribution in [0.4, 0.5) is 22.9 Å². The summed E-state index contributed by atoms with van der Waals surface area (Å²) in [5.41, 5.74) is 9.28. The Morgan fingerprint density at radius 3 is 2.69 bits per heavy atom. The smallest absolute Gasteiger partial charge is 0.267 e. The summed E-state index contributed by atoms with van der Waals surface area (Å²) >= 11 is 0. The summed E-state index contributed by atoms with van der Waals surface area (Å²) < 4.78 is 27.9. The Kier molecular flexibility index (Phi) is 6.82. The van der Waals surface area contributed by atoms with Crippen LogP contribution in [-0.2, 0) is 14.8 Å². The second-order valence-corrected chi connectivity index (χ2v) is 10.3. The highest BCUT2D eigenvalue weighted by molar-refractivity contribution is 7.90. The first-order valence-electron chi connectivity index (χ1n) is 11.7. The van der Waals surface area contributed by atoms with Crippen LogP contribution in [0.5, 0.6) is 0 Å². The summed E-state index contributed by atoms with van der Waals surface area (Å²) in [5, 5.41) is 6.40. The van der Waals surface area contributed by atoms with E-state index in [9.17, 15) is 13.2 Å². The van der Waals surface area contributed by atoms with Crippen LogP contribution in [0.15, 0.2) is 102 Å². The zero-order chi connectivity index (χ0) is 27.4. The van der Waals surface area contributed by atoms with Crippen LogP contribution < -0.4 is 16.4 Å². The normalized spacial score (nSPS) is 11.4. The molecule has 10 heteroatoms. The number of hydrogen-bond donors (Lipinski definition) is 3. The molecule has 0 atom stereocenters. The standard InChI is InChI=1S/C29H22N6O3S/c1-2-20-6-5-7-22(16-20)33-29-24-17-23(11-12-26(24)31-19-32-29)39(37,38)35-15-14-21(18-35)10-13-28(36)34-27-9-4-3-8-25(27)30/h1,3-19H,30H2,(H,34,36)(H,31,32,33). The van der Waals surface area contributed by atoms with Gasteiger partial charge in [-0.25, -0.2) is 22.4 Å². The fraction of sp³-hybridized carbons (Fsp3) is 0. The van der Waals surface area contributed by atoms with Crippen molar-refractivity contribution < 1.29 is 13.2 Å². The van der Waals surface area contributed by atoms with Crippen LogP contribution in [0.25, 0.3) is 17.0 Å². The predicted octanol–water partition coefficient (Wildman–Crippen LogP) is 4.63. The number of amides is 1. The number of rotatable bonds is 7. The minimum atomic E-state index is -3.95. The van der Waals surface area contributed by atoms with E-state index in [1.165, 1.54) is 43.0 Å².